The van der Waals surface area contributed by atoms with E-state index in [0.29, 0.717) is 6.42 Å². The van der Waals surface area contributed by atoms with Crippen molar-refractivity contribution in [1.82, 2.24) is 14.5 Å². The Kier molecular flexibility index (Phi) is 5.03. The van der Waals surface area contributed by atoms with Gasteiger partial charge in [0.15, 0.2) is 15.0 Å². The molecule has 1 amide bonds. The van der Waals surface area contributed by atoms with Gasteiger partial charge in [0.2, 0.25) is 5.91 Å². The molecule has 2 heterocycles. The van der Waals surface area contributed by atoms with E-state index in [1.165, 1.54) is 11.8 Å². The van der Waals surface area contributed by atoms with E-state index in [2.05, 4.69) is 4.98 Å². The Morgan fingerprint density at radius 2 is 1.96 bits per heavy atom. The summed E-state index contributed by atoms with van der Waals surface area (Å²) in [7, 11) is -1.05. The van der Waals surface area contributed by atoms with Crippen LogP contribution in [0.25, 0.3) is 11.3 Å². The Bertz CT molecular complexity index is 936. The minimum atomic E-state index is -3.00. The van der Waals surface area contributed by atoms with Crippen molar-refractivity contribution in [3.8, 4) is 11.3 Å². The van der Waals surface area contributed by atoms with E-state index in [-0.39, 0.29) is 35.2 Å². The number of carbonyl (C=O) groups is 1. The van der Waals surface area contributed by atoms with E-state index in [9.17, 15) is 13.2 Å². The first-order valence-electron chi connectivity index (χ1n) is 9.16. The summed E-state index contributed by atoms with van der Waals surface area (Å²) in [6.07, 6.45) is 4.35. The van der Waals surface area contributed by atoms with Crippen molar-refractivity contribution in [1.29, 1.82) is 0 Å². The fourth-order valence-corrected chi connectivity index (χ4v) is 6.19. The predicted molar refractivity (Wildman–Crippen MR) is 106 cm³/mol. The van der Waals surface area contributed by atoms with E-state index in [1.54, 1.807) is 0 Å². The molecule has 8 heteroatoms. The maximum absolute atomic E-state index is 12.9. The standard InChI is InChI=1S/C19H23N3O3S2/c1-21-17(14-5-3-2-4-6-14)11-20-19(21)26-12-18(23)22(15-7-8-15)16-9-10-27(24,25)13-16/h2-6,11,15-16H,7-10,12-13H2,1H3. The van der Waals surface area contributed by atoms with E-state index in [4.69, 9.17) is 0 Å². The summed E-state index contributed by atoms with van der Waals surface area (Å²) in [5.74, 6) is 0.613. The fraction of sp³-hybridized carbons (Fsp3) is 0.474. The van der Waals surface area contributed by atoms with Gasteiger partial charge in [0.1, 0.15) is 0 Å². The summed E-state index contributed by atoms with van der Waals surface area (Å²) in [6.45, 7) is 0. The summed E-state index contributed by atoms with van der Waals surface area (Å²) in [5, 5.41) is 0.789. The van der Waals surface area contributed by atoms with Gasteiger partial charge in [0.25, 0.3) is 0 Å². The van der Waals surface area contributed by atoms with E-state index < -0.39 is 9.84 Å². The minimum Gasteiger partial charge on any atom is -0.335 e. The molecule has 27 heavy (non-hydrogen) atoms. The molecule has 1 atom stereocenters. The van der Waals surface area contributed by atoms with Crippen LogP contribution in [0, 0.1) is 0 Å². The van der Waals surface area contributed by atoms with Crippen molar-refractivity contribution in [2.45, 2.75) is 36.5 Å². The number of rotatable bonds is 6. The first-order valence-corrected chi connectivity index (χ1v) is 12.0. The summed E-state index contributed by atoms with van der Waals surface area (Å²) in [4.78, 5) is 19.2. The molecule has 1 unspecified atom stereocenters. The quantitative estimate of drug-likeness (QED) is 0.690. The summed E-state index contributed by atoms with van der Waals surface area (Å²) in [6, 6.07) is 10.1. The van der Waals surface area contributed by atoms with Crippen molar-refractivity contribution < 1.29 is 13.2 Å². The summed E-state index contributed by atoms with van der Waals surface area (Å²) >= 11 is 1.41. The Balaban J connectivity index is 1.44. The molecule has 1 aromatic carbocycles. The lowest BCUT2D eigenvalue weighted by Crippen LogP contribution is -2.43. The lowest BCUT2D eigenvalue weighted by Gasteiger charge is -2.28. The van der Waals surface area contributed by atoms with Crippen LogP contribution >= 0.6 is 11.8 Å². The van der Waals surface area contributed by atoms with Crippen molar-refractivity contribution in [3.05, 3.63) is 36.5 Å². The first kappa shape index (κ1) is 18.6. The molecule has 4 rings (SSSR count). The fourth-order valence-electron chi connectivity index (χ4n) is 3.66. The largest absolute Gasteiger partial charge is 0.335 e. The molecule has 1 saturated heterocycles. The lowest BCUT2D eigenvalue weighted by molar-refractivity contribution is -0.130. The van der Waals surface area contributed by atoms with Crippen LogP contribution < -0.4 is 0 Å². The molecular formula is C19H23N3O3S2. The van der Waals surface area contributed by atoms with Crippen molar-refractivity contribution >= 4 is 27.5 Å². The van der Waals surface area contributed by atoms with Gasteiger partial charge in [-0.05, 0) is 24.8 Å². The molecule has 0 N–H and O–H groups in total. The molecule has 1 aromatic heterocycles. The first-order chi connectivity index (χ1) is 12.9. The average Bonchev–Trinajstić information content (AvgIpc) is 3.31. The number of hydrogen-bond acceptors (Lipinski definition) is 5. The number of imidazole rings is 1. The summed E-state index contributed by atoms with van der Waals surface area (Å²) < 4.78 is 25.6. The van der Waals surface area contributed by atoms with Crippen molar-refractivity contribution in [3.63, 3.8) is 0 Å². The molecule has 2 fully saturated rings. The number of benzene rings is 1. The molecule has 144 valence electrons. The molecule has 1 aliphatic heterocycles. The lowest BCUT2D eigenvalue weighted by atomic mass is 10.2. The molecule has 1 aliphatic carbocycles. The van der Waals surface area contributed by atoms with Crippen LogP contribution in [-0.2, 0) is 21.7 Å². The van der Waals surface area contributed by atoms with Gasteiger partial charge >= 0.3 is 0 Å². The van der Waals surface area contributed by atoms with Gasteiger partial charge < -0.3 is 9.47 Å². The highest BCUT2D eigenvalue weighted by atomic mass is 32.2. The van der Waals surface area contributed by atoms with Gasteiger partial charge in [-0.25, -0.2) is 13.4 Å². The number of thioether (sulfide) groups is 1. The molecule has 0 spiro atoms. The topological polar surface area (TPSA) is 72.3 Å². The molecule has 2 aliphatic rings. The molecule has 0 radical (unpaired) electrons. The Morgan fingerprint density at radius 3 is 2.59 bits per heavy atom. The Labute approximate surface area is 163 Å². The van der Waals surface area contributed by atoms with E-state index in [0.717, 1.165) is 29.3 Å². The normalized spacial score (nSPS) is 21.3. The molecule has 6 nitrogen and oxygen atoms in total. The smallest absolute Gasteiger partial charge is 0.233 e. The van der Waals surface area contributed by atoms with Crippen molar-refractivity contribution in [2.24, 2.45) is 7.05 Å². The number of carbonyl (C=O) groups excluding carboxylic acids is 1. The van der Waals surface area contributed by atoms with Crippen LogP contribution in [0.3, 0.4) is 0 Å². The molecular weight excluding hydrogens is 382 g/mol. The van der Waals surface area contributed by atoms with Crippen LogP contribution in [0.4, 0.5) is 0 Å². The zero-order valence-electron chi connectivity index (χ0n) is 15.2. The van der Waals surface area contributed by atoms with Gasteiger partial charge in [-0.3, -0.25) is 4.79 Å². The number of nitrogens with zero attached hydrogens (tertiary/aromatic N) is 3. The van der Waals surface area contributed by atoms with Gasteiger partial charge in [-0.1, -0.05) is 42.1 Å². The van der Waals surface area contributed by atoms with E-state index in [1.807, 2.05) is 53.0 Å². The van der Waals surface area contributed by atoms with Gasteiger partial charge in [-0.15, -0.1) is 0 Å². The highest BCUT2D eigenvalue weighted by molar-refractivity contribution is 7.99. The van der Waals surface area contributed by atoms with Gasteiger partial charge in [-0.2, -0.15) is 0 Å². The Hall–Kier alpha value is -1.80. The van der Waals surface area contributed by atoms with Gasteiger partial charge in [0.05, 0.1) is 29.1 Å². The third-order valence-electron chi connectivity index (χ3n) is 5.17. The number of aromatic nitrogens is 2. The Morgan fingerprint density at radius 1 is 1.22 bits per heavy atom. The third kappa shape index (κ3) is 4.06. The minimum absolute atomic E-state index is 0.0221. The second-order valence-electron chi connectivity index (χ2n) is 7.23. The number of amides is 1. The maximum atomic E-state index is 12.9. The van der Waals surface area contributed by atoms with Gasteiger partial charge in [0, 0.05) is 19.1 Å². The zero-order valence-corrected chi connectivity index (χ0v) is 16.9. The maximum Gasteiger partial charge on any atom is 0.233 e. The van der Waals surface area contributed by atoms with Crippen LogP contribution in [0.2, 0.25) is 0 Å². The second-order valence-corrected chi connectivity index (χ2v) is 10.4. The van der Waals surface area contributed by atoms with Crippen molar-refractivity contribution in [2.75, 3.05) is 17.3 Å². The number of hydrogen-bond donors (Lipinski definition) is 0. The second kappa shape index (κ2) is 7.31. The molecule has 2 aromatic rings. The third-order valence-corrected chi connectivity index (χ3v) is 7.95. The van der Waals surface area contributed by atoms with E-state index >= 15 is 0 Å². The molecule has 1 saturated carbocycles. The summed E-state index contributed by atoms with van der Waals surface area (Å²) in [5.41, 5.74) is 2.09. The monoisotopic (exact) mass is 405 g/mol. The highest BCUT2D eigenvalue weighted by Gasteiger charge is 2.41. The van der Waals surface area contributed by atoms with Crippen LogP contribution in [0.15, 0.2) is 41.7 Å². The van der Waals surface area contributed by atoms with Crippen LogP contribution in [-0.4, -0.2) is 58.1 Å². The average molecular weight is 406 g/mol. The molecule has 0 bridgehead atoms. The SMILES string of the molecule is Cn1c(-c2ccccc2)cnc1SCC(=O)N(C1CC1)C1CCS(=O)(=O)C1. The van der Waals surface area contributed by atoms with Crippen LogP contribution in [0.1, 0.15) is 19.3 Å². The highest BCUT2D eigenvalue weighted by Crippen LogP contribution is 2.33. The zero-order chi connectivity index (χ0) is 19.0. The predicted octanol–water partition coefficient (Wildman–Crippen LogP) is 2.36. The van der Waals surface area contributed by atoms with Crippen LogP contribution in [0.5, 0.6) is 0 Å². The number of sulfone groups is 1.